The molecule has 0 aromatic carbocycles. The van der Waals surface area contributed by atoms with Crippen molar-refractivity contribution in [3.63, 3.8) is 0 Å². The molecule has 2 amide bonds. The maximum absolute atomic E-state index is 11.6. The molecule has 0 bridgehead atoms. The molecule has 6 nitrogen and oxygen atoms in total. The number of carbonyl (C=O) groups is 2. The van der Waals surface area contributed by atoms with Crippen molar-refractivity contribution in [1.29, 1.82) is 0 Å². The maximum Gasteiger partial charge on any atom is 0.440 e. The van der Waals surface area contributed by atoms with Crippen LogP contribution in [0.2, 0.25) is 0 Å². The Kier molecular flexibility index (Phi) is 6.26. The van der Waals surface area contributed by atoms with Crippen LogP contribution in [0.1, 0.15) is 39.0 Å². The van der Waals surface area contributed by atoms with Crippen LogP contribution in [0, 0.1) is 0 Å². The first-order chi connectivity index (χ1) is 11.1. The summed E-state index contributed by atoms with van der Waals surface area (Å²) in [6.07, 6.45) is 4.17. The Morgan fingerprint density at radius 3 is 2.35 bits per heavy atom. The van der Waals surface area contributed by atoms with Crippen molar-refractivity contribution < 1.29 is 19.2 Å². The number of rotatable bonds is 2. The van der Waals surface area contributed by atoms with E-state index in [0.29, 0.717) is 0 Å². The molecular weight excluding hydrogens is 296 g/mol. The largest absolute Gasteiger partial charge is 0.448 e. The summed E-state index contributed by atoms with van der Waals surface area (Å²) >= 11 is 0. The van der Waals surface area contributed by atoms with Gasteiger partial charge in [0.25, 0.3) is 0 Å². The second-order valence-electron chi connectivity index (χ2n) is 5.67. The first-order valence-electron chi connectivity index (χ1n) is 8.08. The normalized spacial score (nSPS) is 14.9. The highest BCUT2D eigenvalue weighted by molar-refractivity contribution is 5.80. The molecule has 3 aliphatic rings. The fraction of sp³-hybridized carbons (Fsp3) is 0.529. The SMILES string of the molecule is CCOC(=O)NOC(=O)N(C)C1CCCCC1.c1cc2cc-2c1. The molecular formula is C17H24N2O4. The number of benzene rings is 1. The van der Waals surface area contributed by atoms with Crippen molar-refractivity contribution in [2.45, 2.75) is 45.1 Å². The summed E-state index contributed by atoms with van der Waals surface area (Å²) in [4.78, 5) is 28.7. The van der Waals surface area contributed by atoms with Crippen LogP contribution in [0.5, 0.6) is 0 Å². The fourth-order valence-corrected chi connectivity index (χ4v) is 2.61. The van der Waals surface area contributed by atoms with Crippen LogP contribution < -0.4 is 5.48 Å². The summed E-state index contributed by atoms with van der Waals surface area (Å²) in [5.41, 5.74) is 4.80. The predicted molar refractivity (Wildman–Crippen MR) is 86.7 cm³/mol. The quantitative estimate of drug-likeness (QED) is 0.856. The number of hydrogen-bond donors (Lipinski definition) is 1. The van der Waals surface area contributed by atoms with Gasteiger partial charge >= 0.3 is 12.2 Å². The maximum atomic E-state index is 11.6. The standard InChI is InChI=1S/C11H20N2O4.C6H4/c1-3-16-10(14)12-17-11(15)13(2)9-7-5-4-6-8-9;1-2-5-4-6(5)3-1/h9H,3-8H2,1-2H3,(H,12,14);1-4H. The van der Waals surface area contributed by atoms with Crippen LogP contribution >= 0.6 is 0 Å². The lowest BCUT2D eigenvalue weighted by Crippen LogP contribution is -2.41. The number of fused-ring (bicyclic) bond motifs is 1. The number of nitrogens with one attached hydrogen (secondary N) is 1. The number of carbonyl (C=O) groups excluding carboxylic acids is 2. The average molecular weight is 320 g/mol. The third kappa shape index (κ3) is 5.47. The van der Waals surface area contributed by atoms with E-state index >= 15 is 0 Å². The molecule has 0 atom stereocenters. The monoisotopic (exact) mass is 320 g/mol. The highest BCUT2D eigenvalue weighted by Gasteiger charge is 2.23. The fourth-order valence-electron chi connectivity index (χ4n) is 2.61. The summed E-state index contributed by atoms with van der Waals surface area (Å²) in [6, 6.07) is 8.69. The summed E-state index contributed by atoms with van der Waals surface area (Å²) in [7, 11) is 1.69. The topological polar surface area (TPSA) is 67.9 Å². The van der Waals surface area contributed by atoms with Gasteiger partial charge in [-0.3, -0.25) is 0 Å². The molecule has 23 heavy (non-hydrogen) atoms. The number of ether oxygens (including phenoxy) is 1. The van der Waals surface area contributed by atoms with Crippen molar-refractivity contribution >= 4 is 12.2 Å². The smallest absolute Gasteiger partial charge is 0.440 e. The molecule has 3 aliphatic carbocycles. The summed E-state index contributed by atoms with van der Waals surface area (Å²) in [6.45, 7) is 1.91. The van der Waals surface area contributed by atoms with Gasteiger partial charge in [0.1, 0.15) is 0 Å². The van der Waals surface area contributed by atoms with Crippen molar-refractivity contribution in [3.8, 4) is 11.1 Å². The van der Waals surface area contributed by atoms with Crippen LogP contribution in [0.15, 0.2) is 24.3 Å². The van der Waals surface area contributed by atoms with Gasteiger partial charge in [0.2, 0.25) is 0 Å². The highest BCUT2D eigenvalue weighted by Crippen LogP contribution is 2.32. The number of nitrogens with zero attached hydrogens (tertiary/aromatic N) is 1. The molecule has 0 radical (unpaired) electrons. The molecule has 0 saturated heterocycles. The second-order valence-corrected chi connectivity index (χ2v) is 5.67. The van der Waals surface area contributed by atoms with Crippen molar-refractivity contribution in [3.05, 3.63) is 24.3 Å². The van der Waals surface area contributed by atoms with Crippen LogP contribution in [0.3, 0.4) is 0 Å². The molecule has 0 aromatic heterocycles. The zero-order valence-corrected chi connectivity index (χ0v) is 13.7. The van der Waals surface area contributed by atoms with E-state index in [9.17, 15) is 9.59 Å². The lowest BCUT2D eigenvalue weighted by molar-refractivity contribution is 0.0373. The summed E-state index contributed by atoms with van der Waals surface area (Å²) in [5, 5.41) is 0. The third-order valence-corrected chi connectivity index (χ3v) is 4.02. The molecule has 1 N–H and O–H groups in total. The van der Waals surface area contributed by atoms with Gasteiger partial charge in [-0.2, -0.15) is 0 Å². The first-order valence-corrected chi connectivity index (χ1v) is 8.08. The van der Waals surface area contributed by atoms with E-state index in [-0.39, 0.29) is 12.6 Å². The number of amides is 2. The molecule has 0 aliphatic heterocycles. The first kappa shape index (κ1) is 17.1. The summed E-state index contributed by atoms with van der Waals surface area (Å²) < 4.78 is 4.57. The van der Waals surface area contributed by atoms with Gasteiger partial charge in [-0.05, 0) is 37.0 Å². The van der Waals surface area contributed by atoms with E-state index in [1.807, 2.05) is 5.48 Å². The molecule has 1 fully saturated rings. The molecule has 126 valence electrons. The molecule has 0 heterocycles. The van der Waals surface area contributed by atoms with Gasteiger partial charge in [-0.25, -0.2) is 9.59 Å². The van der Waals surface area contributed by atoms with Crippen LogP contribution in [-0.4, -0.2) is 36.8 Å². The Balaban J connectivity index is 0.000000260. The Morgan fingerprint density at radius 2 is 1.87 bits per heavy atom. The Morgan fingerprint density at radius 1 is 1.22 bits per heavy atom. The van der Waals surface area contributed by atoms with Gasteiger partial charge < -0.3 is 14.5 Å². The molecule has 0 unspecified atom stereocenters. The number of hydrogen-bond acceptors (Lipinski definition) is 4. The number of hydroxylamine groups is 1. The van der Waals surface area contributed by atoms with Crippen LogP contribution in [-0.2, 0) is 9.57 Å². The average Bonchev–Trinajstić information content (AvgIpc) is 3.19. The van der Waals surface area contributed by atoms with E-state index < -0.39 is 12.2 Å². The van der Waals surface area contributed by atoms with Gasteiger partial charge in [-0.1, -0.05) is 37.5 Å². The Bertz CT molecular complexity index is 524. The molecule has 1 saturated carbocycles. The lowest BCUT2D eigenvalue weighted by atomic mass is 9.95. The minimum atomic E-state index is -0.752. The van der Waals surface area contributed by atoms with Crippen LogP contribution in [0.4, 0.5) is 9.59 Å². The Hall–Kier alpha value is -2.24. The van der Waals surface area contributed by atoms with E-state index in [4.69, 9.17) is 0 Å². The van der Waals surface area contributed by atoms with Crippen LogP contribution in [0.25, 0.3) is 11.1 Å². The zero-order chi connectivity index (χ0) is 16.7. The molecule has 6 heteroatoms. The van der Waals surface area contributed by atoms with Gasteiger partial charge in [-0.15, -0.1) is 5.48 Å². The lowest BCUT2D eigenvalue weighted by Gasteiger charge is -2.29. The van der Waals surface area contributed by atoms with E-state index in [2.05, 4.69) is 33.8 Å². The second kappa shape index (κ2) is 8.41. The summed E-state index contributed by atoms with van der Waals surface area (Å²) in [5.74, 6) is 0. The van der Waals surface area contributed by atoms with E-state index in [0.717, 1.165) is 25.7 Å². The van der Waals surface area contributed by atoms with Crippen molar-refractivity contribution in [2.75, 3.05) is 13.7 Å². The van der Waals surface area contributed by atoms with Crippen molar-refractivity contribution in [1.82, 2.24) is 10.4 Å². The third-order valence-electron chi connectivity index (χ3n) is 4.02. The molecule has 0 spiro atoms. The van der Waals surface area contributed by atoms with Gasteiger partial charge in [0, 0.05) is 13.1 Å². The predicted octanol–water partition coefficient (Wildman–Crippen LogP) is 3.72. The minimum Gasteiger partial charge on any atom is -0.448 e. The highest BCUT2D eigenvalue weighted by atomic mass is 16.7. The van der Waals surface area contributed by atoms with E-state index in [1.54, 1.807) is 14.0 Å². The zero-order valence-electron chi connectivity index (χ0n) is 13.7. The van der Waals surface area contributed by atoms with Gasteiger partial charge in [0.05, 0.1) is 6.61 Å². The van der Waals surface area contributed by atoms with Crippen molar-refractivity contribution in [2.24, 2.45) is 0 Å². The molecule has 0 aromatic rings. The Labute approximate surface area is 136 Å². The molecule has 3 rings (SSSR count). The van der Waals surface area contributed by atoms with E-state index in [1.165, 1.54) is 22.4 Å². The minimum absolute atomic E-state index is 0.209. The van der Waals surface area contributed by atoms with Gasteiger partial charge in [0.15, 0.2) is 0 Å².